The van der Waals surface area contributed by atoms with E-state index < -0.39 is 24.5 Å². The number of carbonyl (C=O) groups excluding carboxylic acids is 2. The number of aliphatic hydroxyl groups excluding tert-OH is 1. The highest BCUT2D eigenvalue weighted by atomic mass is 16.4. The summed E-state index contributed by atoms with van der Waals surface area (Å²) in [4.78, 5) is 35.6. The molecule has 0 spiro atoms. The van der Waals surface area contributed by atoms with E-state index in [0.717, 1.165) is 6.42 Å². The van der Waals surface area contributed by atoms with Gasteiger partial charge in [-0.05, 0) is 12.3 Å². The number of carbonyl (C=O) groups is 3. The molecule has 0 bridgehead atoms. The zero-order chi connectivity index (χ0) is 16.0. The average Bonchev–Trinajstić information content (AvgIpc) is 2.86. The second-order valence-corrected chi connectivity index (χ2v) is 5.58. The Labute approximate surface area is 124 Å². The van der Waals surface area contributed by atoms with Crippen LogP contribution in [0.25, 0.3) is 0 Å². The van der Waals surface area contributed by atoms with Gasteiger partial charge < -0.3 is 15.5 Å². The number of Topliss-reactive ketones (excluding diaryl/α,β-unsaturated/α-hetero) is 1. The zero-order valence-electron chi connectivity index (χ0n) is 12.5. The van der Waals surface area contributed by atoms with Crippen LogP contribution >= 0.6 is 0 Å². The van der Waals surface area contributed by atoms with Crippen LogP contribution in [0.3, 0.4) is 0 Å². The Bertz CT molecular complexity index is 399. The van der Waals surface area contributed by atoms with Gasteiger partial charge in [0.15, 0.2) is 5.78 Å². The molecule has 1 amide bonds. The van der Waals surface area contributed by atoms with Crippen molar-refractivity contribution in [3.8, 4) is 0 Å². The first-order valence-electron chi connectivity index (χ1n) is 7.23. The third-order valence-electron chi connectivity index (χ3n) is 4.01. The Morgan fingerprint density at radius 1 is 1.38 bits per heavy atom. The smallest absolute Gasteiger partial charge is 0.320 e. The maximum Gasteiger partial charge on any atom is 0.320 e. The van der Waals surface area contributed by atoms with E-state index in [4.69, 9.17) is 5.11 Å². The number of aliphatic carboxylic acids is 1. The number of hydrogen-bond acceptors (Lipinski definition) is 5. The number of nitrogens with one attached hydrogen (secondary N) is 1. The molecule has 7 nitrogen and oxygen atoms in total. The first kappa shape index (κ1) is 17.6. The fourth-order valence-electron chi connectivity index (χ4n) is 2.68. The van der Waals surface area contributed by atoms with Gasteiger partial charge in [0, 0.05) is 32.5 Å². The SMILES string of the molecule is CCC(CNC(C)=O)CN1C[C@H](C(=O)CO)C[C@@H]1C(=O)O. The highest BCUT2D eigenvalue weighted by molar-refractivity contribution is 5.84. The highest BCUT2D eigenvalue weighted by Gasteiger charge is 2.40. The number of likely N-dealkylation sites (tertiary alicyclic amines) is 1. The molecule has 3 atom stereocenters. The van der Waals surface area contributed by atoms with E-state index in [1.54, 1.807) is 4.90 Å². The van der Waals surface area contributed by atoms with Crippen molar-refractivity contribution in [3.63, 3.8) is 0 Å². The van der Waals surface area contributed by atoms with Gasteiger partial charge in [0.2, 0.25) is 5.91 Å². The minimum atomic E-state index is -0.947. The first-order valence-corrected chi connectivity index (χ1v) is 7.23. The van der Waals surface area contributed by atoms with Crippen molar-refractivity contribution >= 4 is 17.7 Å². The van der Waals surface area contributed by atoms with Crippen LogP contribution in [0.15, 0.2) is 0 Å². The first-order chi connectivity index (χ1) is 9.88. The molecule has 1 aliphatic rings. The molecule has 7 heteroatoms. The molecule has 0 radical (unpaired) electrons. The molecule has 21 heavy (non-hydrogen) atoms. The molecule has 0 saturated carbocycles. The summed E-state index contributed by atoms with van der Waals surface area (Å²) in [5.41, 5.74) is 0. The van der Waals surface area contributed by atoms with E-state index >= 15 is 0 Å². The van der Waals surface area contributed by atoms with Gasteiger partial charge in [-0.3, -0.25) is 19.3 Å². The highest BCUT2D eigenvalue weighted by Crippen LogP contribution is 2.25. The summed E-state index contributed by atoms with van der Waals surface area (Å²) in [7, 11) is 0. The quantitative estimate of drug-likeness (QED) is 0.557. The largest absolute Gasteiger partial charge is 0.480 e. The minimum absolute atomic E-state index is 0.113. The fourth-order valence-corrected chi connectivity index (χ4v) is 2.68. The van der Waals surface area contributed by atoms with E-state index in [-0.39, 0.29) is 24.0 Å². The van der Waals surface area contributed by atoms with Crippen LogP contribution < -0.4 is 5.32 Å². The second kappa shape index (κ2) is 8.09. The standard InChI is InChI=1S/C14H24N2O5/c1-3-10(5-15-9(2)18)6-16-7-11(13(19)8-17)4-12(16)14(20)21/h10-12,17H,3-8H2,1-2H3,(H,15,18)(H,20,21)/t10?,11-,12-/m1/s1. The van der Waals surface area contributed by atoms with Crippen LogP contribution in [0.5, 0.6) is 0 Å². The lowest BCUT2D eigenvalue weighted by Gasteiger charge is -2.26. The lowest BCUT2D eigenvalue weighted by Crippen LogP contribution is -2.41. The third kappa shape index (κ3) is 5.09. The summed E-state index contributed by atoms with van der Waals surface area (Å²) in [6.45, 7) is 4.24. The normalized spacial score (nSPS) is 23.8. The molecule has 0 aromatic heterocycles. The summed E-state index contributed by atoms with van der Waals surface area (Å²) in [6, 6.07) is -0.697. The van der Waals surface area contributed by atoms with Crippen LogP contribution in [0, 0.1) is 11.8 Å². The van der Waals surface area contributed by atoms with E-state index in [9.17, 15) is 19.5 Å². The van der Waals surface area contributed by atoms with Crippen molar-refractivity contribution < 1.29 is 24.6 Å². The van der Waals surface area contributed by atoms with Crippen molar-refractivity contribution in [1.29, 1.82) is 0 Å². The van der Waals surface area contributed by atoms with Gasteiger partial charge in [-0.1, -0.05) is 13.3 Å². The van der Waals surface area contributed by atoms with E-state index in [2.05, 4.69) is 5.32 Å². The molecule has 1 saturated heterocycles. The van der Waals surface area contributed by atoms with Crippen molar-refractivity contribution in [3.05, 3.63) is 0 Å². The molecule has 1 heterocycles. The number of hydrogen-bond donors (Lipinski definition) is 3. The Morgan fingerprint density at radius 2 is 2.05 bits per heavy atom. The second-order valence-electron chi connectivity index (χ2n) is 5.58. The molecule has 120 valence electrons. The predicted octanol–water partition coefficient (Wildman–Crippen LogP) is -0.515. The van der Waals surface area contributed by atoms with Crippen molar-refractivity contribution in [2.75, 3.05) is 26.2 Å². The van der Waals surface area contributed by atoms with E-state index in [1.807, 2.05) is 6.92 Å². The molecular formula is C14H24N2O5. The fraction of sp³-hybridized carbons (Fsp3) is 0.786. The molecule has 0 aliphatic carbocycles. The lowest BCUT2D eigenvalue weighted by molar-refractivity contribution is -0.142. The topological polar surface area (TPSA) is 107 Å². The molecule has 3 N–H and O–H groups in total. The molecule has 1 unspecified atom stereocenters. The zero-order valence-corrected chi connectivity index (χ0v) is 12.5. The number of aliphatic hydroxyl groups is 1. The molecule has 0 aromatic rings. The number of ketones is 1. The van der Waals surface area contributed by atoms with Gasteiger partial charge in [-0.15, -0.1) is 0 Å². The maximum atomic E-state index is 11.6. The Morgan fingerprint density at radius 3 is 2.52 bits per heavy atom. The van der Waals surface area contributed by atoms with Crippen molar-refractivity contribution in [2.45, 2.75) is 32.7 Å². The number of carboxylic acids is 1. The monoisotopic (exact) mass is 300 g/mol. The van der Waals surface area contributed by atoms with Crippen LogP contribution in [0.4, 0.5) is 0 Å². The molecule has 1 fully saturated rings. The third-order valence-corrected chi connectivity index (χ3v) is 4.01. The number of nitrogens with zero attached hydrogens (tertiary/aromatic N) is 1. The van der Waals surface area contributed by atoms with Crippen LogP contribution in [0.1, 0.15) is 26.7 Å². The average molecular weight is 300 g/mol. The molecule has 1 rings (SSSR count). The minimum Gasteiger partial charge on any atom is -0.480 e. The molecule has 1 aliphatic heterocycles. The Kier molecular flexibility index (Phi) is 6.77. The van der Waals surface area contributed by atoms with Crippen molar-refractivity contribution in [2.24, 2.45) is 11.8 Å². The Balaban J connectivity index is 2.66. The van der Waals surface area contributed by atoms with Crippen LogP contribution in [-0.2, 0) is 14.4 Å². The number of rotatable bonds is 8. The van der Waals surface area contributed by atoms with Crippen molar-refractivity contribution in [1.82, 2.24) is 10.2 Å². The summed E-state index contributed by atoms with van der Waals surface area (Å²) in [5.74, 6) is -1.65. The van der Waals surface area contributed by atoms with Gasteiger partial charge in [0.25, 0.3) is 0 Å². The van der Waals surface area contributed by atoms with Gasteiger partial charge in [-0.25, -0.2) is 0 Å². The van der Waals surface area contributed by atoms with Gasteiger partial charge in [-0.2, -0.15) is 0 Å². The summed E-state index contributed by atoms with van der Waals surface area (Å²) in [5, 5.41) is 20.9. The Hall–Kier alpha value is -1.47. The molecular weight excluding hydrogens is 276 g/mol. The summed E-state index contributed by atoms with van der Waals surface area (Å²) < 4.78 is 0. The predicted molar refractivity (Wildman–Crippen MR) is 75.7 cm³/mol. The van der Waals surface area contributed by atoms with Gasteiger partial charge in [0.1, 0.15) is 12.6 Å². The van der Waals surface area contributed by atoms with Gasteiger partial charge in [0.05, 0.1) is 0 Å². The molecule has 0 aromatic carbocycles. The number of amides is 1. The maximum absolute atomic E-state index is 11.6. The van der Waals surface area contributed by atoms with Crippen LogP contribution in [-0.4, -0.2) is 65.1 Å². The van der Waals surface area contributed by atoms with E-state index in [1.165, 1.54) is 6.92 Å². The van der Waals surface area contributed by atoms with Gasteiger partial charge >= 0.3 is 5.97 Å². The summed E-state index contributed by atoms with van der Waals surface area (Å²) in [6.07, 6.45) is 1.05. The van der Waals surface area contributed by atoms with E-state index in [0.29, 0.717) is 19.6 Å². The lowest BCUT2D eigenvalue weighted by atomic mass is 10.0. The van der Waals surface area contributed by atoms with Crippen LogP contribution in [0.2, 0.25) is 0 Å². The summed E-state index contributed by atoms with van der Waals surface area (Å²) >= 11 is 0. The number of carboxylic acid groups (broad SMARTS) is 1.